The first-order chi connectivity index (χ1) is 6.91. The highest BCUT2D eigenvalue weighted by molar-refractivity contribution is 4.55. The molecule has 88 valence electrons. The van der Waals surface area contributed by atoms with Crippen LogP contribution in [-0.2, 0) is 0 Å². The van der Waals surface area contributed by atoms with Gasteiger partial charge in [-0.05, 0) is 45.9 Å². The fourth-order valence-corrected chi connectivity index (χ4v) is 1.16. The molecule has 1 aliphatic rings. The van der Waals surface area contributed by atoms with Crippen LogP contribution in [0.2, 0.25) is 0 Å². The summed E-state index contributed by atoms with van der Waals surface area (Å²) in [5, 5.41) is 6.35. The third kappa shape index (κ3) is 17.9. The van der Waals surface area contributed by atoms with Gasteiger partial charge in [0, 0.05) is 0 Å². The number of unbranched alkanes of at least 4 members (excludes halogenated alkanes) is 1. The highest BCUT2D eigenvalue weighted by Gasteiger charge is 1.93. The monoisotopic (exact) mass is 202 g/mol. The molecule has 1 fully saturated rings. The minimum absolute atomic E-state index is 1.16. The average molecular weight is 202 g/mol. The highest BCUT2D eigenvalue weighted by atomic mass is 14.9. The predicted octanol–water partition coefficient (Wildman–Crippen LogP) is 2.79. The van der Waals surface area contributed by atoms with E-state index in [1.807, 2.05) is 20.9 Å². The van der Waals surface area contributed by atoms with E-state index in [0.717, 1.165) is 6.54 Å². The van der Waals surface area contributed by atoms with Crippen LogP contribution in [0.3, 0.4) is 0 Å². The van der Waals surface area contributed by atoms with E-state index in [1.54, 1.807) is 0 Å². The molecule has 1 rings (SSSR count). The van der Waals surface area contributed by atoms with Crippen molar-refractivity contribution in [3.05, 3.63) is 0 Å². The van der Waals surface area contributed by atoms with Gasteiger partial charge in [0.25, 0.3) is 0 Å². The summed E-state index contributed by atoms with van der Waals surface area (Å²) >= 11 is 0. The van der Waals surface area contributed by atoms with Crippen LogP contribution in [0.1, 0.15) is 52.9 Å². The second-order valence-electron chi connectivity index (χ2n) is 3.27. The summed E-state index contributed by atoms with van der Waals surface area (Å²) in [5.74, 6) is 0. The number of hydrogen-bond donors (Lipinski definition) is 2. The van der Waals surface area contributed by atoms with Gasteiger partial charge in [-0.1, -0.05) is 33.6 Å². The zero-order chi connectivity index (χ0) is 11.1. The first-order valence-corrected chi connectivity index (χ1v) is 6.27. The van der Waals surface area contributed by atoms with Crippen LogP contribution >= 0.6 is 0 Å². The molecule has 0 radical (unpaired) electrons. The molecular weight excluding hydrogens is 172 g/mol. The summed E-state index contributed by atoms with van der Waals surface area (Å²) in [6.07, 6.45) is 6.81. The van der Waals surface area contributed by atoms with E-state index in [2.05, 4.69) is 17.6 Å². The fraction of sp³-hybridized carbons (Fsp3) is 1.00. The van der Waals surface area contributed by atoms with Crippen molar-refractivity contribution in [3.8, 4) is 0 Å². The molecule has 2 nitrogen and oxygen atoms in total. The maximum atomic E-state index is 3.28. The van der Waals surface area contributed by atoms with Gasteiger partial charge in [-0.25, -0.2) is 0 Å². The lowest BCUT2D eigenvalue weighted by Crippen LogP contribution is -2.21. The molecule has 0 spiro atoms. The Hall–Kier alpha value is -0.0800. The van der Waals surface area contributed by atoms with Crippen LogP contribution in [0.5, 0.6) is 0 Å². The molecule has 1 heterocycles. The van der Waals surface area contributed by atoms with Gasteiger partial charge in [0.2, 0.25) is 0 Å². The average Bonchev–Trinajstić information content (AvgIpc) is 2.32. The van der Waals surface area contributed by atoms with Crippen molar-refractivity contribution in [3.63, 3.8) is 0 Å². The van der Waals surface area contributed by atoms with E-state index >= 15 is 0 Å². The normalized spacial score (nSPS) is 14.6. The Morgan fingerprint density at radius 1 is 1.07 bits per heavy atom. The second kappa shape index (κ2) is 18.7. The lowest BCUT2D eigenvalue weighted by Gasteiger charge is -2.08. The van der Waals surface area contributed by atoms with E-state index in [-0.39, 0.29) is 0 Å². The molecule has 0 aromatic heterocycles. The van der Waals surface area contributed by atoms with Crippen LogP contribution in [-0.4, -0.2) is 26.7 Å². The maximum absolute atomic E-state index is 3.28. The first kappa shape index (κ1) is 16.4. The van der Waals surface area contributed by atoms with Crippen LogP contribution in [0, 0.1) is 0 Å². The van der Waals surface area contributed by atoms with Crippen LogP contribution in [0.4, 0.5) is 0 Å². The molecule has 0 unspecified atom stereocenters. The molecule has 0 atom stereocenters. The molecule has 14 heavy (non-hydrogen) atoms. The van der Waals surface area contributed by atoms with Gasteiger partial charge < -0.3 is 10.6 Å². The van der Waals surface area contributed by atoms with Gasteiger partial charge in [0.15, 0.2) is 0 Å². The largest absolute Gasteiger partial charge is 0.320 e. The van der Waals surface area contributed by atoms with Crippen LogP contribution in [0.25, 0.3) is 0 Å². The SMILES string of the molecule is C1CCNCC1.CC.CCCCNC. The highest BCUT2D eigenvalue weighted by Crippen LogP contribution is 1.96. The number of rotatable bonds is 3. The van der Waals surface area contributed by atoms with E-state index in [4.69, 9.17) is 0 Å². The van der Waals surface area contributed by atoms with Gasteiger partial charge in [0.05, 0.1) is 0 Å². The Morgan fingerprint density at radius 2 is 1.64 bits per heavy atom. The zero-order valence-electron chi connectivity index (χ0n) is 10.7. The number of piperidine rings is 1. The summed E-state index contributed by atoms with van der Waals surface area (Å²) in [7, 11) is 1.98. The van der Waals surface area contributed by atoms with Gasteiger partial charge in [0.1, 0.15) is 0 Å². The van der Waals surface area contributed by atoms with E-state index in [9.17, 15) is 0 Å². The molecule has 0 saturated carbocycles. The van der Waals surface area contributed by atoms with Gasteiger partial charge >= 0.3 is 0 Å². The van der Waals surface area contributed by atoms with Crippen molar-refractivity contribution in [2.75, 3.05) is 26.7 Å². The van der Waals surface area contributed by atoms with Crippen LogP contribution < -0.4 is 10.6 Å². The lowest BCUT2D eigenvalue weighted by molar-refractivity contribution is 0.520. The number of nitrogens with one attached hydrogen (secondary N) is 2. The quantitative estimate of drug-likeness (QED) is 0.688. The molecule has 0 aromatic carbocycles. The minimum atomic E-state index is 1.16. The van der Waals surface area contributed by atoms with Crippen molar-refractivity contribution >= 4 is 0 Å². The van der Waals surface area contributed by atoms with E-state index < -0.39 is 0 Å². The fourth-order valence-electron chi connectivity index (χ4n) is 1.16. The Morgan fingerprint density at radius 3 is 1.79 bits per heavy atom. The maximum Gasteiger partial charge on any atom is -0.00489 e. The summed E-state index contributed by atoms with van der Waals surface area (Å²) in [6, 6.07) is 0. The Bertz CT molecular complexity index is 55.2. The molecular formula is C12H30N2. The lowest BCUT2D eigenvalue weighted by atomic mass is 10.2. The topological polar surface area (TPSA) is 24.1 Å². The third-order valence-corrected chi connectivity index (χ3v) is 1.99. The van der Waals surface area contributed by atoms with E-state index in [0.29, 0.717) is 0 Å². The molecule has 1 saturated heterocycles. The van der Waals surface area contributed by atoms with Gasteiger partial charge in [-0.15, -0.1) is 0 Å². The van der Waals surface area contributed by atoms with Gasteiger partial charge in [-0.2, -0.15) is 0 Å². The van der Waals surface area contributed by atoms with Crippen molar-refractivity contribution in [1.29, 1.82) is 0 Å². The summed E-state index contributed by atoms with van der Waals surface area (Å²) < 4.78 is 0. The zero-order valence-corrected chi connectivity index (χ0v) is 10.7. The molecule has 0 bridgehead atoms. The Balaban J connectivity index is 0. The second-order valence-corrected chi connectivity index (χ2v) is 3.27. The number of hydrogen-bond acceptors (Lipinski definition) is 2. The van der Waals surface area contributed by atoms with Crippen molar-refractivity contribution < 1.29 is 0 Å². The van der Waals surface area contributed by atoms with Crippen molar-refractivity contribution in [1.82, 2.24) is 10.6 Å². The summed E-state index contributed by atoms with van der Waals surface area (Å²) in [5.41, 5.74) is 0. The molecule has 1 aliphatic heterocycles. The predicted molar refractivity (Wildman–Crippen MR) is 66.9 cm³/mol. The summed E-state index contributed by atoms with van der Waals surface area (Å²) in [6.45, 7) is 9.86. The third-order valence-electron chi connectivity index (χ3n) is 1.99. The van der Waals surface area contributed by atoms with Crippen LogP contribution in [0.15, 0.2) is 0 Å². The Kier molecular flexibility index (Phi) is 21.8. The van der Waals surface area contributed by atoms with Crippen molar-refractivity contribution in [2.24, 2.45) is 0 Å². The Labute approximate surface area is 90.9 Å². The molecule has 0 aromatic rings. The standard InChI is InChI=1S/C5H11N.C5H13N.C2H6/c1-2-4-6-5-3-1;1-3-4-5-6-2;1-2/h6H,1-5H2;6H,3-5H2,1-2H3;1-2H3. The smallest absolute Gasteiger partial charge is 0.00489 e. The first-order valence-electron chi connectivity index (χ1n) is 6.27. The summed E-state index contributed by atoms with van der Waals surface area (Å²) in [4.78, 5) is 0. The van der Waals surface area contributed by atoms with E-state index in [1.165, 1.54) is 45.2 Å². The van der Waals surface area contributed by atoms with Crippen molar-refractivity contribution in [2.45, 2.75) is 52.9 Å². The molecule has 0 amide bonds. The van der Waals surface area contributed by atoms with Gasteiger partial charge in [-0.3, -0.25) is 0 Å². The minimum Gasteiger partial charge on any atom is -0.320 e. The molecule has 0 aliphatic carbocycles. The molecule has 2 N–H and O–H groups in total. The molecule has 2 heteroatoms.